The van der Waals surface area contributed by atoms with Gasteiger partial charge in [-0.15, -0.1) is 0 Å². The lowest BCUT2D eigenvalue weighted by molar-refractivity contribution is 0.538. The average molecular weight is 301 g/mol. The van der Waals surface area contributed by atoms with Gasteiger partial charge in [-0.2, -0.15) is 10.2 Å². The quantitative estimate of drug-likeness (QED) is 0.822. The summed E-state index contributed by atoms with van der Waals surface area (Å²) >= 11 is 0. The van der Waals surface area contributed by atoms with Crippen molar-refractivity contribution in [2.45, 2.75) is 71.3 Å². The summed E-state index contributed by atoms with van der Waals surface area (Å²) in [5, 5.41) is 9.28. The third kappa shape index (κ3) is 3.23. The van der Waals surface area contributed by atoms with Gasteiger partial charge in [-0.3, -0.25) is 4.68 Å². The third-order valence-corrected chi connectivity index (χ3v) is 4.67. The molecule has 0 unspecified atom stereocenters. The summed E-state index contributed by atoms with van der Waals surface area (Å²) in [4.78, 5) is 4.91. The Kier molecular flexibility index (Phi) is 4.60. The first-order valence-corrected chi connectivity index (χ1v) is 8.60. The van der Waals surface area contributed by atoms with Crippen LogP contribution in [0.2, 0.25) is 0 Å². The highest BCUT2D eigenvalue weighted by Crippen LogP contribution is 2.32. The topological polar surface area (TPSA) is 48.5 Å². The van der Waals surface area contributed by atoms with Crippen LogP contribution in [0, 0.1) is 6.92 Å². The molecule has 22 heavy (non-hydrogen) atoms. The van der Waals surface area contributed by atoms with E-state index in [9.17, 15) is 0 Å². The van der Waals surface area contributed by atoms with Crippen LogP contribution in [0.5, 0.6) is 0 Å². The number of unbranched alkanes of at least 4 members (excludes halogenated alkanes) is 1. The van der Waals surface area contributed by atoms with Gasteiger partial charge in [-0.05, 0) is 26.2 Å². The zero-order valence-corrected chi connectivity index (χ0v) is 14.0. The van der Waals surface area contributed by atoms with Crippen LogP contribution in [-0.4, -0.2) is 24.5 Å². The lowest BCUT2D eigenvalue weighted by Gasteiger charge is -2.04. The Morgan fingerprint density at radius 1 is 1.23 bits per heavy atom. The van der Waals surface area contributed by atoms with Crippen molar-refractivity contribution in [1.29, 1.82) is 0 Å². The molecule has 2 aromatic heterocycles. The molecule has 0 amide bonds. The van der Waals surface area contributed by atoms with Crippen molar-refractivity contribution in [2.24, 2.45) is 7.05 Å². The van der Waals surface area contributed by atoms with Gasteiger partial charge in [0.2, 0.25) is 0 Å². The molecular formula is C17H27N5. The maximum Gasteiger partial charge on any atom is 0.154 e. The highest BCUT2D eigenvalue weighted by atomic mass is 15.3. The van der Waals surface area contributed by atoms with Gasteiger partial charge in [0.15, 0.2) is 5.82 Å². The van der Waals surface area contributed by atoms with Gasteiger partial charge in [-0.1, -0.05) is 26.2 Å². The minimum Gasteiger partial charge on any atom is -0.275 e. The van der Waals surface area contributed by atoms with E-state index in [4.69, 9.17) is 10.1 Å². The number of hydrogen-bond acceptors (Lipinski definition) is 3. The van der Waals surface area contributed by atoms with Gasteiger partial charge in [0.1, 0.15) is 5.82 Å². The molecule has 0 bridgehead atoms. The summed E-state index contributed by atoms with van der Waals surface area (Å²) in [5.41, 5.74) is 2.35. The first-order valence-electron chi connectivity index (χ1n) is 8.60. The van der Waals surface area contributed by atoms with Crippen LogP contribution < -0.4 is 0 Å². The van der Waals surface area contributed by atoms with E-state index in [1.165, 1.54) is 37.7 Å². The Bertz CT molecular complexity index is 619. The predicted octanol–water partition coefficient (Wildman–Crippen LogP) is 3.37. The SMILES string of the molecule is CCCCn1nc(C2CCCC2)nc1Cc1cn(C)nc1C. The molecule has 0 N–H and O–H groups in total. The Morgan fingerprint density at radius 2 is 2.00 bits per heavy atom. The second-order valence-electron chi connectivity index (χ2n) is 6.53. The molecule has 3 rings (SSSR count). The summed E-state index contributed by atoms with van der Waals surface area (Å²) in [5.74, 6) is 2.76. The molecule has 0 saturated heterocycles. The monoisotopic (exact) mass is 301 g/mol. The van der Waals surface area contributed by atoms with Crippen molar-refractivity contribution in [3.63, 3.8) is 0 Å². The lowest BCUT2D eigenvalue weighted by atomic mass is 10.1. The van der Waals surface area contributed by atoms with E-state index >= 15 is 0 Å². The number of rotatable bonds is 6. The van der Waals surface area contributed by atoms with Crippen molar-refractivity contribution in [3.05, 3.63) is 29.1 Å². The van der Waals surface area contributed by atoms with Crippen LogP contribution in [-0.2, 0) is 20.0 Å². The summed E-state index contributed by atoms with van der Waals surface area (Å²) in [6.07, 6.45) is 10.4. The van der Waals surface area contributed by atoms with Gasteiger partial charge in [0, 0.05) is 37.7 Å². The maximum absolute atomic E-state index is 4.91. The smallest absolute Gasteiger partial charge is 0.154 e. The van der Waals surface area contributed by atoms with Crippen molar-refractivity contribution in [1.82, 2.24) is 24.5 Å². The maximum atomic E-state index is 4.91. The molecule has 0 spiro atoms. The van der Waals surface area contributed by atoms with E-state index in [1.807, 2.05) is 11.7 Å². The number of nitrogens with zero attached hydrogens (tertiary/aromatic N) is 5. The fourth-order valence-corrected chi connectivity index (χ4v) is 3.36. The molecule has 0 aromatic carbocycles. The summed E-state index contributed by atoms with van der Waals surface area (Å²) in [6, 6.07) is 0. The Balaban J connectivity index is 1.84. The molecule has 0 aliphatic heterocycles. The lowest BCUT2D eigenvalue weighted by Crippen LogP contribution is -2.07. The largest absolute Gasteiger partial charge is 0.275 e. The molecule has 120 valence electrons. The minimum atomic E-state index is 0.580. The fraction of sp³-hybridized carbons (Fsp3) is 0.706. The summed E-state index contributed by atoms with van der Waals surface area (Å²) in [6.45, 7) is 5.27. The Labute approximate surface area is 132 Å². The zero-order chi connectivity index (χ0) is 15.5. The van der Waals surface area contributed by atoms with Gasteiger partial charge in [0.05, 0.1) is 5.69 Å². The van der Waals surface area contributed by atoms with Crippen molar-refractivity contribution >= 4 is 0 Å². The molecule has 0 atom stereocenters. The molecule has 5 nitrogen and oxygen atoms in total. The molecule has 2 aromatic rings. The standard InChI is InChI=1S/C17H27N5/c1-4-5-10-22-16(11-15-12-21(3)19-13(15)2)18-17(20-22)14-8-6-7-9-14/h12,14H,4-11H2,1-3H3. The molecule has 0 radical (unpaired) electrons. The van der Waals surface area contributed by atoms with E-state index in [2.05, 4.69) is 29.8 Å². The third-order valence-electron chi connectivity index (χ3n) is 4.67. The number of aromatic nitrogens is 5. The fourth-order valence-electron chi connectivity index (χ4n) is 3.36. The minimum absolute atomic E-state index is 0.580. The van der Waals surface area contributed by atoms with Crippen molar-refractivity contribution in [2.75, 3.05) is 0 Å². The second kappa shape index (κ2) is 6.63. The zero-order valence-electron chi connectivity index (χ0n) is 14.0. The molecule has 1 fully saturated rings. The van der Waals surface area contributed by atoms with E-state index in [0.717, 1.165) is 36.7 Å². The first kappa shape index (κ1) is 15.3. The van der Waals surface area contributed by atoms with Crippen molar-refractivity contribution in [3.8, 4) is 0 Å². The molecular weight excluding hydrogens is 274 g/mol. The highest BCUT2D eigenvalue weighted by Gasteiger charge is 2.23. The number of aryl methyl sites for hydroxylation is 3. The number of hydrogen-bond donors (Lipinski definition) is 0. The van der Waals surface area contributed by atoms with Crippen LogP contribution in [0.1, 0.15) is 74.3 Å². The van der Waals surface area contributed by atoms with E-state index in [1.54, 1.807) is 0 Å². The van der Waals surface area contributed by atoms with Crippen LogP contribution >= 0.6 is 0 Å². The molecule has 1 aliphatic carbocycles. The van der Waals surface area contributed by atoms with Crippen LogP contribution in [0.3, 0.4) is 0 Å². The average Bonchev–Trinajstić information content (AvgIpc) is 3.19. The molecule has 1 aliphatic rings. The van der Waals surface area contributed by atoms with Crippen molar-refractivity contribution < 1.29 is 0 Å². The highest BCUT2D eigenvalue weighted by molar-refractivity contribution is 5.20. The van der Waals surface area contributed by atoms with Gasteiger partial charge in [-0.25, -0.2) is 9.67 Å². The second-order valence-corrected chi connectivity index (χ2v) is 6.53. The molecule has 2 heterocycles. The van der Waals surface area contributed by atoms with Crippen LogP contribution in [0.25, 0.3) is 0 Å². The van der Waals surface area contributed by atoms with Crippen LogP contribution in [0.4, 0.5) is 0 Å². The van der Waals surface area contributed by atoms with E-state index in [-0.39, 0.29) is 0 Å². The van der Waals surface area contributed by atoms with Gasteiger partial charge in [0.25, 0.3) is 0 Å². The Morgan fingerprint density at radius 3 is 2.64 bits per heavy atom. The van der Waals surface area contributed by atoms with Gasteiger partial charge >= 0.3 is 0 Å². The summed E-state index contributed by atoms with van der Waals surface area (Å²) in [7, 11) is 1.97. The summed E-state index contributed by atoms with van der Waals surface area (Å²) < 4.78 is 4.03. The van der Waals surface area contributed by atoms with Crippen LogP contribution in [0.15, 0.2) is 6.20 Å². The van der Waals surface area contributed by atoms with E-state index < -0.39 is 0 Å². The normalized spacial score (nSPS) is 15.8. The van der Waals surface area contributed by atoms with E-state index in [0.29, 0.717) is 5.92 Å². The molecule has 5 heteroatoms. The predicted molar refractivity (Wildman–Crippen MR) is 86.9 cm³/mol. The first-order chi connectivity index (χ1) is 10.7. The Hall–Kier alpha value is -1.65. The molecule has 1 saturated carbocycles. The van der Waals surface area contributed by atoms with Gasteiger partial charge < -0.3 is 0 Å².